The van der Waals surface area contributed by atoms with Crippen molar-refractivity contribution in [2.24, 2.45) is 0 Å². The Labute approximate surface area is 164 Å². The zero-order valence-corrected chi connectivity index (χ0v) is 16.3. The maximum absolute atomic E-state index is 13.2. The lowest BCUT2D eigenvalue weighted by Gasteiger charge is -2.26. The average Bonchev–Trinajstić information content (AvgIpc) is 3.03. The van der Waals surface area contributed by atoms with Crippen LogP contribution in [-0.4, -0.2) is 50.2 Å². The summed E-state index contributed by atoms with van der Waals surface area (Å²) in [6, 6.07) is 13.8. The highest BCUT2D eigenvalue weighted by atomic mass is 32.2. The molecule has 1 fully saturated rings. The quantitative estimate of drug-likeness (QED) is 0.845. The van der Waals surface area contributed by atoms with Crippen LogP contribution in [0.15, 0.2) is 53.4 Å². The molecule has 4 rings (SSSR count). The highest BCUT2D eigenvalue weighted by Crippen LogP contribution is 2.33. The molecule has 2 aromatic carbocycles. The largest absolute Gasteiger partial charge is 0.354 e. The molecule has 146 valence electrons. The van der Waals surface area contributed by atoms with Crippen LogP contribution < -0.4 is 10.2 Å². The maximum atomic E-state index is 13.2. The SMILES string of the molecule is CC1Cc2ccccc2N1C(=O)c1cccc(S(=O)(=O)N2CCNC(=O)C2)c1. The van der Waals surface area contributed by atoms with Gasteiger partial charge in [-0.1, -0.05) is 24.3 Å². The minimum atomic E-state index is -3.85. The summed E-state index contributed by atoms with van der Waals surface area (Å²) in [5, 5.41) is 2.61. The number of nitrogens with one attached hydrogen (secondary N) is 1. The van der Waals surface area contributed by atoms with Crippen molar-refractivity contribution in [3.63, 3.8) is 0 Å². The zero-order chi connectivity index (χ0) is 19.9. The lowest BCUT2D eigenvalue weighted by Crippen LogP contribution is -2.49. The second-order valence-corrected chi connectivity index (χ2v) is 9.01. The van der Waals surface area contributed by atoms with Gasteiger partial charge in [-0.3, -0.25) is 9.59 Å². The minimum Gasteiger partial charge on any atom is -0.354 e. The second kappa shape index (κ2) is 7.03. The molecular weight excluding hydrogens is 378 g/mol. The van der Waals surface area contributed by atoms with Gasteiger partial charge in [0.15, 0.2) is 0 Å². The van der Waals surface area contributed by atoms with E-state index in [0.29, 0.717) is 5.56 Å². The number of amides is 2. The van der Waals surface area contributed by atoms with Crippen molar-refractivity contribution in [3.05, 3.63) is 59.7 Å². The topological polar surface area (TPSA) is 86.8 Å². The lowest BCUT2D eigenvalue weighted by atomic mass is 10.1. The van der Waals surface area contributed by atoms with E-state index in [1.807, 2.05) is 31.2 Å². The van der Waals surface area contributed by atoms with Crippen LogP contribution in [0.1, 0.15) is 22.8 Å². The molecule has 2 aliphatic rings. The van der Waals surface area contributed by atoms with E-state index in [4.69, 9.17) is 0 Å². The molecule has 0 bridgehead atoms. The van der Waals surface area contributed by atoms with Crippen LogP contribution in [0.25, 0.3) is 0 Å². The second-order valence-electron chi connectivity index (χ2n) is 7.07. The molecule has 2 amide bonds. The normalized spacial score (nSPS) is 20.0. The molecular formula is C20H21N3O4S. The molecule has 2 aromatic rings. The molecule has 1 unspecified atom stereocenters. The van der Waals surface area contributed by atoms with Crippen LogP contribution in [-0.2, 0) is 21.2 Å². The van der Waals surface area contributed by atoms with Gasteiger partial charge >= 0.3 is 0 Å². The Kier molecular flexibility index (Phi) is 4.68. The maximum Gasteiger partial charge on any atom is 0.258 e. The summed E-state index contributed by atoms with van der Waals surface area (Å²) in [5.74, 6) is -0.560. The van der Waals surface area contributed by atoms with Gasteiger partial charge in [-0.2, -0.15) is 4.31 Å². The first kappa shape index (κ1) is 18.6. The van der Waals surface area contributed by atoms with E-state index in [9.17, 15) is 18.0 Å². The van der Waals surface area contributed by atoms with Crippen molar-refractivity contribution in [2.45, 2.75) is 24.3 Å². The number of hydrogen-bond acceptors (Lipinski definition) is 4. The summed E-state index contributed by atoms with van der Waals surface area (Å²) in [5.41, 5.74) is 2.28. The van der Waals surface area contributed by atoms with E-state index in [-0.39, 0.29) is 42.4 Å². The third kappa shape index (κ3) is 3.18. The highest BCUT2D eigenvalue weighted by molar-refractivity contribution is 7.89. The van der Waals surface area contributed by atoms with Crippen molar-refractivity contribution in [1.29, 1.82) is 0 Å². The Balaban J connectivity index is 1.66. The van der Waals surface area contributed by atoms with Crippen LogP contribution in [0.2, 0.25) is 0 Å². The third-order valence-electron chi connectivity index (χ3n) is 5.15. The monoisotopic (exact) mass is 399 g/mol. The number of fused-ring (bicyclic) bond motifs is 1. The molecule has 8 heteroatoms. The van der Waals surface area contributed by atoms with E-state index in [2.05, 4.69) is 5.32 Å². The molecule has 2 aliphatic heterocycles. The number of carbonyl (C=O) groups excluding carboxylic acids is 2. The standard InChI is InChI=1S/C20H21N3O4S/c1-14-11-15-5-2-3-8-18(15)23(14)20(25)16-6-4-7-17(12-16)28(26,27)22-10-9-21-19(24)13-22/h2-8,12,14H,9-11,13H2,1H3,(H,21,24). The average molecular weight is 399 g/mol. The van der Waals surface area contributed by atoms with E-state index >= 15 is 0 Å². The summed E-state index contributed by atoms with van der Waals surface area (Å²) >= 11 is 0. The predicted octanol–water partition coefficient (Wildman–Crippen LogP) is 1.40. The number of benzene rings is 2. The first-order valence-corrected chi connectivity index (χ1v) is 10.6. The van der Waals surface area contributed by atoms with Gasteiger partial charge in [0, 0.05) is 30.4 Å². The van der Waals surface area contributed by atoms with Crippen LogP contribution in [0.4, 0.5) is 5.69 Å². The fourth-order valence-corrected chi connectivity index (χ4v) is 5.22. The van der Waals surface area contributed by atoms with Gasteiger partial charge in [-0.05, 0) is 43.2 Å². The smallest absolute Gasteiger partial charge is 0.258 e. The fraction of sp³-hybridized carbons (Fsp3) is 0.300. The molecule has 0 aromatic heterocycles. The lowest BCUT2D eigenvalue weighted by molar-refractivity contribution is -0.122. The summed E-state index contributed by atoms with van der Waals surface area (Å²) in [4.78, 5) is 26.5. The molecule has 28 heavy (non-hydrogen) atoms. The molecule has 1 N–H and O–H groups in total. The first-order valence-electron chi connectivity index (χ1n) is 9.16. The van der Waals surface area contributed by atoms with Crippen molar-refractivity contribution in [3.8, 4) is 0 Å². The van der Waals surface area contributed by atoms with E-state index in [1.54, 1.807) is 17.0 Å². The van der Waals surface area contributed by atoms with Gasteiger partial charge in [0.05, 0.1) is 11.4 Å². The first-order chi connectivity index (χ1) is 13.4. The van der Waals surface area contributed by atoms with Gasteiger partial charge in [-0.25, -0.2) is 8.42 Å². The van der Waals surface area contributed by atoms with E-state index in [1.165, 1.54) is 12.1 Å². The molecule has 1 saturated heterocycles. The van der Waals surface area contributed by atoms with Crippen LogP contribution in [0.5, 0.6) is 0 Å². The molecule has 0 spiro atoms. The Morgan fingerprint density at radius 1 is 1.14 bits per heavy atom. The molecule has 0 saturated carbocycles. The number of anilines is 1. The molecule has 7 nitrogen and oxygen atoms in total. The molecule has 0 aliphatic carbocycles. The number of hydrogen-bond donors (Lipinski definition) is 1. The summed E-state index contributed by atoms with van der Waals surface area (Å²) in [6.45, 7) is 2.25. The number of sulfonamides is 1. The van der Waals surface area contributed by atoms with Crippen molar-refractivity contribution in [1.82, 2.24) is 9.62 Å². The van der Waals surface area contributed by atoms with Gasteiger partial charge in [-0.15, -0.1) is 0 Å². The van der Waals surface area contributed by atoms with Crippen molar-refractivity contribution in [2.75, 3.05) is 24.5 Å². The zero-order valence-electron chi connectivity index (χ0n) is 15.5. The number of para-hydroxylation sites is 1. The van der Waals surface area contributed by atoms with Crippen LogP contribution in [0.3, 0.4) is 0 Å². The van der Waals surface area contributed by atoms with Crippen molar-refractivity contribution < 1.29 is 18.0 Å². The van der Waals surface area contributed by atoms with E-state index in [0.717, 1.165) is 22.0 Å². The Morgan fingerprint density at radius 2 is 1.93 bits per heavy atom. The summed E-state index contributed by atoms with van der Waals surface area (Å²) < 4.78 is 27.0. The van der Waals surface area contributed by atoms with Gasteiger partial charge in [0.1, 0.15) is 0 Å². The number of nitrogens with zero attached hydrogens (tertiary/aromatic N) is 2. The van der Waals surface area contributed by atoms with Crippen LogP contribution >= 0.6 is 0 Å². The van der Waals surface area contributed by atoms with Gasteiger partial charge in [0.2, 0.25) is 15.9 Å². The number of carbonyl (C=O) groups is 2. The van der Waals surface area contributed by atoms with Gasteiger partial charge < -0.3 is 10.2 Å². The van der Waals surface area contributed by atoms with E-state index < -0.39 is 10.0 Å². The number of rotatable bonds is 3. The van der Waals surface area contributed by atoms with Crippen LogP contribution in [0, 0.1) is 0 Å². The minimum absolute atomic E-state index is 0.00375. The number of piperazine rings is 1. The summed E-state index contributed by atoms with van der Waals surface area (Å²) in [6.07, 6.45) is 0.767. The molecule has 2 heterocycles. The Morgan fingerprint density at radius 3 is 2.71 bits per heavy atom. The summed E-state index contributed by atoms with van der Waals surface area (Å²) in [7, 11) is -3.85. The Bertz CT molecular complexity index is 1050. The predicted molar refractivity (Wildman–Crippen MR) is 105 cm³/mol. The molecule has 1 atom stereocenters. The van der Waals surface area contributed by atoms with Gasteiger partial charge in [0.25, 0.3) is 5.91 Å². The fourth-order valence-electron chi connectivity index (χ4n) is 3.77. The van der Waals surface area contributed by atoms with Crippen molar-refractivity contribution >= 4 is 27.5 Å². The third-order valence-corrected chi connectivity index (χ3v) is 6.99. The molecule has 0 radical (unpaired) electrons. The highest BCUT2D eigenvalue weighted by Gasteiger charge is 2.33. The Hall–Kier alpha value is -2.71.